The van der Waals surface area contributed by atoms with Gasteiger partial charge in [-0.1, -0.05) is 32.0 Å². The minimum absolute atomic E-state index is 0.158. The van der Waals surface area contributed by atoms with Crippen LogP contribution in [0.5, 0.6) is 0 Å². The first kappa shape index (κ1) is 19.6. The third-order valence-corrected chi connectivity index (χ3v) is 4.47. The van der Waals surface area contributed by atoms with Crippen molar-refractivity contribution in [2.24, 2.45) is 0 Å². The van der Waals surface area contributed by atoms with Gasteiger partial charge in [-0.25, -0.2) is 4.79 Å². The highest BCUT2D eigenvalue weighted by Gasteiger charge is 2.23. The van der Waals surface area contributed by atoms with Crippen LogP contribution in [0.2, 0.25) is 0 Å². The molecule has 28 heavy (non-hydrogen) atoms. The maximum Gasteiger partial charge on any atom is 0.338 e. The molecule has 0 bridgehead atoms. The van der Waals surface area contributed by atoms with Crippen LogP contribution >= 0.6 is 0 Å². The van der Waals surface area contributed by atoms with Gasteiger partial charge in [0.1, 0.15) is 0 Å². The molecule has 3 rings (SSSR count). The normalized spacial score (nSPS) is 13.1. The summed E-state index contributed by atoms with van der Waals surface area (Å²) in [5.74, 6) is -0.803. The van der Waals surface area contributed by atoms with E-state index in [1.807, 2.05) is 12.1 Å². The Morgan fingerprint density at radius 2 is 1.75 bits per heavy atom. The molecular formula is C22H24N2O4. The van der Waals surface area contributed by atoms with E-state index >= 15 is 0 Å². The molecular weight excluding hydrogens is 356 g/mol. The van der Waals surface area contributed by atoms with E-state index in [0.29, 0.717) is 22.7 Å². The summed E-state index contributed by atoms with van der Waals surface area (Å²) in [5, 5.41) is 5.54. The fourth-order valence-electron chi connectivity index (χ4n) is 2.65. The van der Waals surface area contributed by atoms with Crippen LogP contribution in [0, 0.1) is 0 Å². The van der Waals surface area contributed by atoms with E-state index in [2.05, 4.69) is 24.5 Å². The fourth-order valence-corrected chi connectivity index (χ4v) is 2.65. The Labute approximate surface area is 164 Å². The van der Waals surface area contributed by atoms with Gasteiger partial charge in [0.05, 0.1) is 5.56 Å². The third-order valence-electron chi connectivity index (χ3n) is 4.47. The summed E-state index contributed by atoms with van der Waals surface area (Å²) < 4.78 is 5.07. The Bertz CT molecular complexity index is 870. The summed E-state index contributed by atoms with van der Waals surface area (Å²) in [6.45, 7) is 3.74. The van der Waals surface area contributed by atoms with Gasteiger partial charge in [0.15, 0.2) is 6.61 Å². The van der Waals surface area contributed by atoms with Crippen LogP contribution in [-0.2, 0) is 9.53 Å². The molecule has 0 heterocycles. The van der Waals surface area contributed by atoms with Crippen LogP contribution in [0.15, 0.2) is 48.5 Å². The molecule has 0 spiro atoms. The lowest BCUT2D eigenvalue weighted by Gasteiger charge is -2.09. The monoisotopic (exact) mass is 380 g/mol. The number of amides is 2. The second-order valence-corrected chi connectivity index (χ2v) is 7.23. The van der Waals surface area contributed by atoms with E-state index in [4.69, 9.17) is 4.74 Å². The summed E-state index contributed by atoms with van der Waals surface area (Å²) in [5.41, 5.74) is 2.48. The Kier molecular flexibility index (Phi) is 6.09. The second kappa shape index (κ2) is 8.69. The molecule has 1 aliphatic rings. The average molecular weight is 380 g/mol. The molecule has 146 valence electrons. The number of benzene rings is 2. The van der Waals surface area contributed by atoms with Crippen LogP contribution in [-0.4, -0.2) is 30.4 Å². The number of rotatable bonds is 7. The van der Waals surface area contributed by atoms with Crippen molar-refractivity contribution in [1.82, 2.24) is 5.32 Å². The van der Waals surface area contributed by atoms with Gasteiger partial charge in [-0.05, 0) is 54.7 Å². The average Bonchev–Trinajstić information content (AvgIpc) is 3.50. The summed E-state index contributed by atoms with van der Waals surface area (Å²) >= 11 is 0. The Balaban J connectivity index is 1.51. The summed E-state index contributed by atoms with van der Waals surface area (Å²) in [6.07, 6.45) is 2.02. The van der Waals surface area contributed by atoms with E-state index in [1.165, 1.54) is 0 Å². The van der Waals surface area contributed by atoms with Crippen LogP contribution in [0.3, 0.4) is 0 Å². The molecule has 6 heteroatoms. The maximum absolute atomic E-state index is 12.1. The minimum Gasteiger partial charge on any atom is -0.452 e. The van der Waals surface area contributed by atoms with Crippen molar-refractivity contribution in [1.29, 1.82) is 0 Å². The molecule has 0 saturated heterocycles. The van der Waals surface area contributed by atoms with Gasteiger partial charge < -0.3 is 15.4 Å². The fraction of sp³-hybridized carbons (Fsp3) is 0.318. The van der Waals surface area contributed by atoms with Crippen molar-refractivity contribution in [3.63, 3.8) is 0 Å². The van der Waals surface area contributed by atoms with E-state index in [0.717, 1.165) is 18.4 Å². The first-order chi connectivity index (χ1) is 13.4. The van der Waals surface area contributed by atoms with Crippen LogP contribution in [0.4, 0.5) is 5.69 Å². The number of hydrogen-bond donors (Lipinski definition) is 2. The second-order valence-electron chi connectivity index (χ2n) is 7.23. The maximum atomic E-state index is 12.1. The van der Waals surface area contributed by atoms with Gasteiger partial charge >= 0.3 is 5.97 Å². The smallest absolute Gasteiger partial charge is 0.338 e. The Morgan fingerprint density at radius 1 is 1.04 bits per heavy atom. The topological polar surface area (TPSA) is 84.5 Å². The molecule has 2 aromatic rings. The largest absolute Gasteiger partial charge is 0.452 e. The molecule has 1 aliphatic carbocycles. The molecule has 2 amide bonds. The van der Waals surface area contributed by atoms with E-state index in [-0.39, 0.29) is 11.9 Å². The summed E-state index contributed by atoms with van der Waals surface area (Å²) in [4.78, 5) is 36.2. The number of carbonyl (C=O) groups excluding carboxylic acids is 3. The van der Waals surface area contributed by atoms with Gasteiger partial charge in [-0.2, -0.15) is 0 Å². The van der Waals surface area contributed by atoms with E-state index < -0.39 is 18.5 Å². The van der Waals surface area contributed by atoms with E-state index in [9.17, 15) is 14.4 Å². The predicted molar refractivity (Wildman–Crippen MR) is 106 cm³/mol. The molecule has 1 saturated carbocycles. The van der Waals surface area contributed by atoms with E-state index in [1.54, 1.807) is 36.4 Å². The number of anilines is 1. The highest BCUT2D eigenvalue weighted by molar-refractivity contribution is 5.98. The first-order valence-corrected chi connectivity index (χ1v) is 9.40. The van der Waals surface area contributed by atoms with Gasteiger partial charge in [0.2, 0.25) is 0 Å². The first-order valence-electron chi connectivity index (χ1n) is 9.40. The lowest BCUT2D eigenvalue weighted by molar-refractivity contribution is -0.119. The number of nitrogens with one attached hydrogen (secondary N) is 2. The van der Waals surface area contributed by atoms with Crippen molar-refractivity contribution in [3.05, 3.63) is 65.2 Å². The number of hydrogen-bond acceptors (Lipinski definition) is 4. The van der Waals surface area contributed by atoms with Crippen molar-refractivity contribution in [3.8, 4) is 0 Å². The number of ether oxygens (including phenoxy) is 1. The third kappa shape index (κ3) is 5.42. The molecule has 0 aromatic heterocycles. The van der Waals surface area contributed by atoms with Crippen molar-refractivity contribution in [2.45, 2.75) is 38.6 Å². The lowest BCUT2D eigenvalue weighted by Crippen LogP contribution is -2.25. The van der Waals surface area contributed by atoms with Gasteiger partial charge in [-0.15, -0.1) is 0 Å². The predicted octanol–water partition coefficient (Wildman–Crippen LogP) is 3.50. The lowest BCUT2D eigenvalue weighted by atomic mass is 10.0. The van der Waals surface area contributed by atoms with Crippen LogP contribution in [0.25, 0.3) is 0 Å². The Morgan fingerprint density at radius 3 is 2.39 bits per heavy atom. The van der Waals surface area contributed by atoms with Gasteiger partial charge in [0, 0.05) is 17.3 Å². The molecule has 0 radical (unpaired) electrons. The number of carbonyl (C=O) groups is 3. The Hall–Kier alpha value is -3.15. The standard InChI is InChI=1S/C22H24N2O4/c1-14(2)15-6-8-16(9-7-15)22(27)28-13-20(25)23-19-5-3-4-17(12-19)21(26)24-18-10-11-18/h3-9,12,14,18H,10-11,13H2,1-2H3,(H,23,25)(H,24,26). The minimum atomic E-state index is -0.553. The number of esters is 1. The highest BCUT2D eigenvalue weighted by atomic mass is 16.5. The van der Waals surface area contributed by atoms with Crippen molar-refractivity contribution < 1.29 is 19.1 Å². The molecule has 0 unspecified atom stereocenters. The zero-order valence-electron chi connectivity index (χ0n) is 16.0. The molecule has 1 fully saturated rings. The van der Waals surface area contributed by atoms with Gasteiger partial charge in [-0.3, -0.25) is 9.59 Å². The SMILES string of the molecule is CC(C)c1ccc(C(=O)OCC(=O)Nc2cccc(C(=O)NC3CC3)c2)cc1. The van der Waals surface area contributed by atoms with Crippen LogP contribution in [0.1, 0.15) is 58.9 Å². The molecule has 2 N–H and O–H groups in total. The molecule has 0 atom stereocenters. The van der Waals surface area contributed by atoms with Crippen molar-refractivity contribution >= 4 is 23.5 Å². The zero-order valence-corrected chi connectivity index (χ0v) is 16.0. The summed E-state index contributed by atoms with van der Waals surface area (Å²) in [6, 6.07) is 14.1. The molecule has 6 nitrogen and oxygen atoms in total. The molecule has 0 aliphatic heterocycles. The van der Waals surface area contributed by atoms with Crippen LogP contribution < -0.4 is 10.6 Å². The molecule has 2 aromatic carbocycles. The highest BCUT2D eigenvalue weighted by Crippen LogP contribution is 2.20. The summed E-state index contributed by atoms with van der Waals surface area (Å²) in [7, 11) is 0. The van der Waals surface area contributed by atoms with Crippen molar-refractivity contribution in [2.75, 3.05) is 11.9 Å². The quantitative estimate of drug-likeness (QED) is 0.720. The zero-order chi connectivity index (χ0) is 20.1. The van der Waals surface area contributed by atoms with Gasteiger partial charge in [0.25, 0.3) is 11.8 Å².